The maximum Gasteiger partial charge on any atom is 0.293 e. The van der Waals surface area contributed by atoms with Crippen molar-refractivity contribution in [1.29, 1.82) is 0 Å². The van der Waals surface area contributed by atoms with E-state index in [0.717, 1.165) is 19.5 Å². The Kier molecular flexibility index (Phi) is 5.73. The molecule has 27 heavy (non-hydrogen) atoms. The lowest BCUT2D eigenvalue weighted by Gasteiger charge is -2.36. The maximum absolute atomic E-state index is 12.9. The molecule has 0 aromatic heterocycles. The van der Waals surface area contributed by atoms with Crippen LogP contribution in [0.15, 0.2) is 23.1 Å². The van der Waals surface area contributed by atoms with Crippen LogP contribution < -0.4 is 4.90 Å². The molecule has 2 aliphatic rings. The van der Waals surface area contributed by atoms with Crippen LogP contribution in [0.2, 0.25) is 0 Å². The smallest absolute Gasteiger partial charge is 0.293 e. The quantitative estimate of drug-likeness (QED) is 0.572. The van der Waals surface area contributed by atoms with Gasteiger partial charge in [0.1, 0.15) is 5.69 Å². The first kappa shape index (κ1) is 20.0. The molecule has 2 unspecified atom stereocenters. The minimum atomic E-state index is -3.73. The van der Waals surface area contributed by atoms with Crippen molar-refractivity contribution in [2.24, 2.45) is 11.8 Å². The Balaban J connectivity index is 1.93. The van der Waals surface area contributed by atoms with Gasteiger partial charge in [0.15, 0.2) is 0 Å². The van der Waals surface area contributed by atoms with Crippen molar-refractivity contribution in [2.45, 2.75) is 25.2 Å². The van der Waals surface area contributed by atoms with Gasteiger partial charge in [-0.3, -0.25) is 10.1 Å². The van der Waals surface area contributed by atoms with Crippen LogP contribution in [0.4, 0.5) is 11.4 Å². The fourth-order valence-corrected chi connectivity index (χ4v) is 5.56. The fraction of sp³-hybridized carbons (Fsp3) is 0.667. The van der Waals surface area contributed by atoms with E-state index in [1.165, 1.54) is 16.4 Å². The standard InChI is InChI=1S/C18H28N4O4S/c1-14-10-15(2)13-20(12-14)17-5-4-16(11-18(17)22(23)24)27(25,26)21-8-6-19(3)7-9-21/h4-5,11,14-15H,6-10,12-13H2,1-3H3. The summed E-state index contributed by atoms with van der Waals surface area (Å²) in [5.41, 5.74) is 0.377. The molecule has 0 N–H and O–H groups in total. The molecule has 0 bridgehead atoms. The lowest BCUT2D eigenvalue weighted by atomic mass is 9.91. The molecular weight excluding hydrogens is 368 g/mol. The Bertz CT molecular complexity index is 796. The summed E-state index contributed by atoms with van der Waals surface area (Å²) in [6.07, 6.45) is 1.10. The largest absolute Gasteiger partial charge is 0.365 e. The fourth-order valence-electron chi connectivity index (χ4n) is 4.11. The molecule has 0 radical (unpaired) electrons. The lowest BCUT2D eigenvalue weighted by Crippen LogP contribution is -2.47. The molecule has 0 aliphatic carbocycles. The highest BCUT2D eigenvalue weighted by molar-refractivity contribution is 7.89. The van der Waals surface area contributed by atoms with Crippen molar-refractivity contribution < 1.29 is 13.3 Å². The van der Waals surface area contributed by atoms with Crippen LogP contribution in [0.3, 0.4) is 0 Å². The summed E-state index contributed by atoms with van der Waals surface area (Å²) in [5.74, 6) is 0.893. The van der Waals surface area contributed by atoms with Crippen LogP contribution in [0.1, 0.15) is 20.3 Å². The van der Waals surface area contributed by atoms with Gasteiger partial charge in [0.25, 0.3) is 5.69 Å². The van der Waals surface area contributed by atoms with Gasteiger partial charge in [-0.15, -0.1) is 0 Å². The molecule has 0 spiro atoms. The molecule has 2 aliphatic heterocycles. The molecule has 3 rings (SSSR count). The zero-order valence-electron chi connectivity index (χ0n) is 16.2. The highest BCUT2D eigenvalue weighted by Gasteiger charge is 2.32. The van der Waals surface area contributed by atoms with Crippen LogP contribution in [-0.4, -0.2) is 68.9 Å². The van der Waals surface area contributed by atoms with E-state index in [2.05, 4.69) is 18.7 Å². The zero-order valence-corrected chi connectivity index (χ0v) is 17.0. The third-order valence-electron chi connectivity index (χ3n) is 5.45. The Hall–Kier alpha value is -1.71. The highest BCUT2D eigenvalue weighted by atomic mass is 32.2. The summed E-state index contributed by atoms with van der Waals surface area (Å²) in [7, 11) is -1.78. The molecule has 9 heteroatoms. The zero-order chi connectivity index (χ0) is 19.8. The number of hydrogen-bond donors (Lipinski definition) is 0. The summed E-state index contributed by atoms with van der Waals surface area (Å²) in [6, 6.07) is 4.35. The second-order valence-corrected chi connectivity index (χ2v) is 9.90. The number of anilines is 1. The highest BCUT2D eigenvalue weighted by Crippen LogP contribution is 2.35. The predicted octanol–water partition coefficient (Wildman–Crippen LogP) is 2.01. The van der Waals surface area contributed by atoms with Crippen LogP contribution in [0, 0.1) is 22.0 Å². The Labute approximate surface area is 160 Å². The number of sulfonamides is 1. The van der Waals surface area contributed by atoms with Gasteiger partial charge >= 0.3 is 0 Å². The van der Waals surface area contributed by atoms with Gasteiger partial charge in [0, 0.05) is 45.3 Å². The van der Waals surface area contributed by atoms with E-state index >= 15 is 0 Å². The second kappa shape index (κ2) is 7.73. The molecule has 1 aromatic rings. The van der Waals surface area contributed by atoms with Gasteiger partial charge < -0.3 is 9.80 Å². The number of nitrogens with zero attached hydrogens (tertiary/aromatic N) is 4. The molecule has 2 atom stereocenters. The first-order valence-corrected chi connectivity index (χ1v) is 10.8. The van der Waals surface area contributed by atoms with Crippen LogP contribution in [-0.2, 0) is 10.0 Å². The number of piperazine rings is 1. The first-order chi connectivity index (χ1) is 12.7. The Morgan fingerprint density at radius 2 is 1.67 bits per heavy atom. The van der Waals surface area contributed by atoms with E-state index in [1.54, 1.807) is 6.07 Å². The minimum Gasteiger partial charge on any atom is -0.365 e. The van der Waals surface area contributed by atoms with Gasteiger partial charge in [-0.05, 0) is 37.4 Å². The monoisotopic (exact) mass is 396 g/mol. The number of nitro benzene ring substituents is 1. The number of nitro groups is 1. The van der Waals surface area contributed by atoms with Crippen molar-refractivity contribution in [3.63, 3.8) is 0 Å². The van der Waals surface area contributed by atoms with E-state index in [4.69, 9.17) is 0 Å². The molecule has 150 valence electrons. The van der Waals surface area contributed by atoms with Crippen molar-refractivity contribution in [2.75, 3.05) is 51.2 Å². The third kappa shape index (κ3) is 4.25. The van der Waals surface area contributed by atoms with E-state index in [0.29, 0.717) is 43.7 Å². The number of piperidine rings is 1. The van der Waals surface area contributed by atoms with Gasteiger partial charge in [0.2, 0.25) is 10.0 Å². The molecule has 2 saturated heterocycles. The first-order valence-electron chi connectivity index (χ1n) is 9.40. The van der Waals surface area contributed by atoms with Crippen molar-refractivity contribution >= 4 is 21.4 Å². The average Bonchev–Trinajstić information content (AvgIpc) is 2.60. The molecule has 2 heterocycles. The number of likely N-dealkylation sites (N-methyl/N-ethyl adjacent to an activating group) is 1. The molecule has 1 aromatic carbocycles. The van der Waals surface area contributed by atoms with E-state index in [-0.39, 0.29) is 10.6 Å². The number of hydrogen-bond acceptors (Lipinski definition) is 6. The maximum atomic E-state index is 12.9. The Morgan fingerprint density at radius 3 is 2.22 bits per heavy atom. The van der Waals surface area contributed by atoms with Crippen LogP contribution in [0.25, 0.3) is 0 Å². The average molecular weight is 397 g/mol. The molecule has 0 amide bonds. The topological polar surface area (TPSA) is 87.0 Å². The van der Waals surface area contributed by atoms with Crippen molar-refractivity contribution in [3.8, 4) is 0 Å². The predicted molar refractivity (Wildman–Crippen MR) is 105 cm³/mol. The number of benzene rings is 1. The van der Waals surface area contributed by atoms with E-state index in [1.807, 2.05) is 11.9 Å². The van der Waals surface area contributed by atoms with Crippen LogP contribution >= 0.6 is 0 Å². The van der Waals surface area contributed by atoms with Gasteiger partial charge in [-0.1, -0.05) is 13.8 Å². The lowest BCUT2D eigenvalue weighted by molar-refractivity contribution is -0.384. The van der Waals surface area contributed by atoms with E-state index < -0.39 is 14.9 Å². The number of rotatable bonds is 4. The molecule has 8 nitrogen and oxygen atoms in total. The molecule has 2 fully saturated rings. The van der Waals surface area contributed by atoms with E-state index in [9.17, 15) is 18.5 Å². The Morgan fingerprint density at radius 1 is 1.07 bits per heavy atom. The summed E-state index contributed by atoms with van der Waals surface area (Å²) in [6.45, 7) is 7.88. The van der Waals surface area contributed by atoms with Crippen molar-refractivity contribution in [3.05, 3.63) is 28.3 Å². The SMILES string of the molecule is CC1CC(C)CN(c2ccc(S(=O)(=O)N3CCN(C)CC3)cc2[N+](=O)[O-])C1. The summed E-state index contributed by atoms with van der Waals surface area (Å²) in [5, 5.41) is 11.7. The van der Waals surface area contributed by atoms with Crippen molar-refractivity contribution in [1.82, 2.24) is 9.21 Å². The summed E-state index contributed by atoms with van der Waals surface area (Å²) in [4.78, 5) is 15.3. The molecular formula is C18H28N4O4S. The minimum absolute atomic E-state index is 0.000564. The van der Waals surface area contributed by atoms with Gasteiger partial charge in [-0.2, -0.15) is 4.31 Å². The summed E-state index contributed by atoms with van der Waals surface area (Å²) < 4.78 is 27.3. The normalized spacial score (nSPS) is 25.5. The third-order valence-corrected chi connectivity index (χ3v) is 7.35. The summed E-state index contributed by atoms with van der Waals surface area (Å²) >= 11 is 0. The van der Waals surface area contributed by atoms with Gasteiger partial charge in [0.05, 0.1) is 9.82 Å². The van der Waals surface area contributed by atoms with Gasteiger partial charge in [-0.25, -0.2) is 8.42 Å². The second-order valence-electron chi connectivity index (χ2n) is 7.97. The molecule has 0 saturated carbocycles. The van der Waals surface area contributed by atoms with Crippen LogP contribution in [0.5, 0.6) is 0 Å².